The van der Waals surface area contributed by atoms with E-state index in [2.05, 4.69) is 6.58 Å². The summed E-state index contributed by atoms with van der Waals surface area (Å²) in [6, 6.07) is 6.50. The van der Waals surface area contributed by atoms with E-state index < -0.39 is 28.0 Å². The van der Waals surface area contributed by atoms with E-state index in [9.17, 15) is 23.4 Å². The minimum Gasteiger partial charge on any atom is -0.481 e. The Hall–Kier alpha value is -1.70. The van der Waals surface area contributed by atoms with Crippen LogP contribution < -0.4 is 0 Å². The van der Waals surface area contributed by atoms with E-state index in [0.717, 1.165) is 5.56 Å². The van der Waals surface area contributed by atoms with Crippen LogP contribution in [0.2, 0.25) is 0 Å². The molecule has 7 heteroatoms. The van der Waals surface area contributed by atoms with E-state index in [0.29, 0.717) is 0 Å². The van der Waals surface area contributed by atoms with E-state index in [1.165, 1.54) is 29.4 Å². The third-order valence-corrected chi connectivity index (χ3v) is 5.57. The van der Waals surface area contributed by atoms with Gasteiger partial charge in [0.2, 0.25) is 10.0 Å². The molecule has 0 aliphatic carbocycles. The van der Waals surface area contributed by atoms with E-state index in [1.807, 2.05) is 6.92 Å². The smallest absolute Gasteiger partial charge is 0.306 e. The summed E-state index contributed by atoms with van der Waals surface area (Å²) in [6.45, 7) is 7.09. The number of carboxylic acids is 1. The van der Waals surface area contributed by atoms with Gasteiger partial charge in [0, 0.05) is 13.1 Å². The number of hydrogen-bond donors (Lipinski definition) is 2. The lowest BCUT2D eigenvalue weighted by Crippen LogP contribution is -2.34. The number of aliphatic hydroxyl groups is 1. The molecule has 0 aliphatic rings. The van der Waals surface area contributed by atoms with Crippen LogP contribution in [0.1, 0.15) is 25.3 Å². The summed E-state index contributed by atoms with van der Waals surface area (Å²) in [5.74, 6) is -1.84. The van der Waals surface area contributed by atoms with Gasteiger partial charge in [-0.25, -0.2) is 8.42 Å². The van der Waals surface area contributed by atoms with Crippen molar-refractivity contribution in [1.29, 1.82) is 0 Å². The highest BCUT2D eigenvalue weighted by molar-refractivity contribution is 7.89. The average molecular weight is 355 g/mol. The molecule has 0 radical (unpaired) electrons. The second kappa shape index (κ2) is 8.96. The Morgan fingerprint density at radius 1 is 1.33 bits per heavy atom. The van der Waals surface area contributed by atoms with E-state index in [4.69, 9.17) is 0 Å². The second-order valence-corrected chi connectivity index (χ2v) is 7.81. The van der Waals surface area contributed by atoms with Gasteiger partial charge in [0.25, 0.3) is 0 Å². The molecule has 2 atom stereocenters. The highest BCUT2D eigenvalue weighted by atomic mass is 32.2. The Morgan fingerprint density at radius 3 is 2.38 bits per heavy atom. The van der Waals surface area contributed by atoms with Gasteiger partial charge in [0.05, 0.1) is 16.9 Å². The standard InChI is InChI=1S/C17H25NO5S/c1-4-10-18(11-9-15(17(20)21)12-14(3)19)24(22,23)16-7-5-13(2)6-8-16/h4-8,14-15,19H,1,9-12H2,2-3H3,(H,20,21)/t14?,15-/m1/s1. The van der Waals surface area contributed by atoms with Crippen LogP contribution in [0.3, 0.4) is 0 Å². The largest absolute Gasteiger partial charge is 0.481 e. The summed E-state index contributed by atoms with van der Waals surface area (Å²) in [5.41, 5.74) is 0.951. The van der Waals surface area contributed by atoms with Crippen LogP contribution in [0.15, 0.2) is 41.8 Å². The first-order valence-electron chi connectivity index (χ1n) is 7.77. The zero-order chi connectivity index (χ0) is 18.3. The highest BCUT2D eigenvalue weighted by Gasteiger charge is 2.26. The number of aliphatic hydroxyl groups excluding tert-OH is 1. The number of nitrogens with zero attached hydrogens (tertiary/aromatic N) is 1. The molecule has 0 spiro atoms. The third kappa shape index (κ3) is 5.74. The third-order valence-electron chi connectivity index (χ3n) is 3.69. The molecular weight excluding hydrogens is 330 g/mol. The lowest BCUT2D eigenvalue weighted by molar-refractivity contribution is -0.143. The molecule has 0 aliphatic heterocycles. The van der Waals surface area contributed by atoms with Gasteiger partial charge in [0.1, 0.15) is 0 Å². The summed E-state index contributed by atoms with van der Waals surface area (Å²) in [5, 5.41) is 18.6. The zero-order valence-electron chi connectivity index (χ0n) is 14.1. The van der Waals surface area contributed by atoms with Crippen molar-refractivity contribution in [1.82, 2.24) is 4.31 Å². The molecule has 0 heterocycles. The molecule has 134 valence electrons. The summed E-state index contributed by atoms with van der Waals surface area (Å²) < 4.78 is 26.6. The average Bonchev–Trinajstić information content (AvgIpc) is 2.49. The Morgan fingerprint density at radius 2 is 1.92 bits per heavy atom. The molecular formula is C17H25NO5S. The highest BCUT2D eigenvalue weighted by Crippen LogP contribution is 2.19. The van der Waals surface area contributed by atoms with Gasteiger partial charge < -0.3 is 10.2 Å². The fraction of sp³-hybridized carbons (Fsp3) is 0.471. The number of sulfonamides is 1. The number of benzene rings is 1. The van der Waals surface area contributed by atoms with Crippen molar-refractivity contribution in [2.75, 3.05) is 13.1 Å². The van der Waals surface area contributed by atoms with Gasteiger partial charge in [-0.2, -0.15) is 4.31 Å². The van der Waals surface area contributed by atoms with Crippen molar-refractivity contribution in [3.05, 3.63) is 42.5 Å². The lowest BCUT2D eigenvalue weighted by Gasteiger charge is -2.23. The molecule has 1 aromatic rings. The Kier molecular flexibility index (Phi) is 7.59. The fourth-order valence-corrected chi connectivity index (χ4v) is 3.79. The normalized spacial score (nSPS) is 14.3. The number of aliphatic carboxylic acids is 1. The summed E-state index contributed by atoms with van der Waals surface area (Å²) in [6.07, 6.45) is 0.921. The maximum absolute atomic E-state index is 12.7. The molecule has 0 fully saturated rings. The zero-order valence-corrected chi connectivity index (χ0v) is 14.9. The predicted octanol–water partition coefficient (Wildman–Crippen LogP) is 2.03. The first kappa shape index (κ1) is 20.3. The molecule has 0 aromatic heterocycles. The van der Waals surface area contributed by atoms with Crippen LogP contribution >= 0.6 is 0 Å². The van der Waals surface area contributed by atoms with Crippen LogP contribution in [0.4, 0.5) is 0 Å². The van der Waals surface area contributed by atoms with Crippen molar-refractivity contribution in [2.45, 2.75) is 37.7 Å². The first-order valence-corrected chi connectivity index (χ1v) is 9.21. The van der Waals surface area contributed by atoms with Crippen molar-refractivity contribution >= 4 is 16.0 Å². The quantitative estimate of drug-likeness (QED) is 0.626. The van der Waals surface area contributed by atoms with E-state index in [1.54, 1.807) is 12.1 Å². The predicted molar refractivity (Wildman–Crippen MR) is 92.2 cm³/mol. The van der Waals surface area contributed by atoms with Crippen LogP contribution in [-0.4, -0.2) is 48.1 Å². The Balaban J connectivity index is 2.94. The SMILES string of the molecule is C=CCN(CC[C@H](CC(C)O)C(=O)O)S(=O)(=O)c1ccc(C)cc1. The van der Waals surface area contributed by atoms with Crippen molar-refractivity contribution in [3.63, 3.8) is 0 Å². The van der Waals surface area contributed by atoms with Crippen molar-refractivity contribution < 1.29 is 23.4 Å². The summed E-state index contributed by atoms with van der Waals surface area (Å²) >= 11 is 0. The van der Waals surface area contributed by atoms with E-state index in [-0.39, 0.29) is 30.8 Å². The molecule has 2 N–H and O–H groups in total. The summed E-state index contributed by atoms with van der Waals surface area (Å²) in [7, 11) is -3.72. The minimum absolute atomic E-state index is 0.0475. The monoisotopic (exact) mass is 355 g/mol. The number of hydrogen-bond acceptors (Lipinski definition) is 4. The molecule has 6 nitrogen and oxygen atoms in total. The molecule has 0 saturated carbocycles. The van der Waals surface area contributed by atoms with Crippen molar-refractivity contribution in [2.24, 2.45) is 5.92 Å². The molecule has 1 unspecified atom stereocenters. The van der Waals surface area contributed by atoms with Crippen LogP contribution in [0.5, 0.6) is 0 Å². The van der Waals surface area contributed by atoms with Crippen LogP contribution in [0, 0.1) is 12.8 Å². The molecule has 0 saturated heterocycles. The Labute approximate surface area is 143 Å². The van der Waals surface area contributed by atoms with Gasteiger partial charge in [-0.3, -0.25) is 4.79 Å². The lowest BCUT2D eigenvalue weighted by atomic mass is 9.99. The van der Waals surface area contributed by atoms with E-state index >= 15 is 0 Å². The minimum atomic E-state index is -3.72. The number of rotatable bonds is 10. The topological polar surface area (TPSA) is 94.9 Å². The van der Waals surface area contributed by atoms with Crippen LogP contribution in [0.25, 0.3) is 0 Å². The molecule has 24 heavy (non-hydrogen) atoms. The first-order chi connectivity index (χ1) is 11.2. The molecule has 1 rings (SSSR count). The molecule has 0 amide bonds. The maximum Gasteiger partial charge on any atom is 0.306 e. The van der Waals surface area contributed by atoms with Gasteiger partial charge >= 0.3 is 5.97 Å². The van der Waals surface area contributed by atoms with Gasteiger partial charge in [0.15, 0.2) is 0 Å². The number of aryl methyl sites for hydroxylation is 1. The molecule has 0 bridgehead atoms. The van der Waals surface area contributed by atoms with Gasteiger partial charge in [-0.1, -0.05) is 23.8 Å². The Bertz CT molecular complexity index is 652. The van der Waals surface area contributed by atoms with Crippen molar-refractivity contribution in [3.8, 4) is 0 Å². The maximum atomic E-state index is 12.7. The second-order valence-electron chi connectivity index (χ2n) is 5.87. The fourth-order valence-electron chi connectivity index (χ4n) is 2.37. The van der Waals surface area contributed by atoms with Gasteiger partial charge in [-0.05, 0) is 38.8 Å². The number of carbonyl (C=O) groups is 1. The number of carboxylic acid groups (broad SMARTS) is 1. The van der Waals surface area contributed by atoms with Gasteiger partial charge in [-0.15, -0.1) is 6.58 Å². The summed E-state index contributed by atoms with van der Waals surface area (Å²) in [4.78, 5) is 11.4. The van der Waals surface area contributed by atoms with Crippen LogP contribution in [-0.2, 0) is 14.8 Å². The molecule has 1 aromatic carbocycles.